The Hall–Kier alpha value is 0.762. The van der Waals surface area contributed by atoms with Gasteiger partial charge in [-0.15, -0.1) is 0 Å². The first-order valence-corrected chi connectivity index (χ1v) is 0.651. The molecule has 0 aliphatic carbocycles. The Morgan fingerprint density at radius 1 is 1.14 bits per heavy atom. The van der Waals surface area contributed by atoms with E-state index < -0.39 is 6.16 Å². The quantitative estimate of drug-likeness (QED) is 0.395. The van der Waals surface area contributed by atoms with Crippen LogP contribution in [0, 0.1) is 0 Å². The maximum Gasteiger partial charge on any atom is 2.00 e. The van der Waals surface area contributed by atoms with Gasteiger partial charge < -0.3 is 15.7 Å². The Morgan fingerprint density at radius 2 is 1.14 bits per heavy atom. The molecule has 0 saturated carbocycles. The fourth-order valence-electron chi connectivity index (χ4n) is 0. The van der Waals surface area contributed by atoms with Crippen LogP contribution in [0.2, 0.25) is 0 Å². The molecule has 4 nitrogen and oxygen atoms in total. The largest absolute Gasteiger partial charge is 2.00 e. The Kier molecular flexibility index (Phi) is 56.8. The number of rotatable bonds is 0. The summed E-state index contributed by atoms with van der Waals surface area (Å²) in [6, 6.07) is 0. The third-order valence-electron chi connectivity index (χ3n) is 0. The molecular formula is CH4Mg2O4+4. The molecule has 0 unspecified atom stereocenters. The van der Waals surface area contributed by atoms with Gasteiger partial charge in [0.2, 0.25) is 0 Å². The van der Waals surface area contributed by atoms with E-state index in [1.807, 2.05) is 0 Å². The van der Waals surface area contributed by atoms with Gasteiger partial charge in [0.25, 0.3) is 0 Å². The summed E-state index contributed by atoms with van der Waals surface area (Å²) in [6.45, 7) is 0. The van der Waals surface area contributed by atoms with Crippen LogP contribution in [-0.2, 0) is 0 Å². The van der Waals surface area contributed by atoms with Gasteiger partial charge >= 0.3 is 52.3 Å². The minimum absolute atomic E-state index is 0. The fraction of sp³-hybridized carbons (Fsp3) is 0. The molecule has 0 amide bonds. The van der Waals surface area contributed by atoms with E-state index >= 15 is 0 Å². The van der Waals surface area contributed by atoms with E-state index in [9.17, 15) is 0 Å². The summed E-state index contributed by atoms with van der Waals surface area (Å²) < 4.78 is 0. The second kappa shape index (κ2) is 15.9. The molecule has 0 spiro atoms. The second-order valence-corrected chi connectivity index (χ2v) is 0.283. The van der Waals surface area contributed by atoms with E-state index in [0.717, 1.165) is 0 Å². The summed E-state index contributed by atoms with van der Waals surface area (Å²) in [7, 11) is 0. The first-order valence-electron chi connectivity index (χ1n) is 0.651. The van der Waals surface area contributed by atoms with E-state index in [1.54, 1.807) is 0 Å². The first-order chi connectivity index (χ1) is 1.73. The van der Waals surface area contributed by atoms with Crippen molar-refractivity contribution in [3.8, 4) is 0 Å². The average Bonchev–Trinajstić information content (AvgIpc) is 0.811. The van der Waals surface area contributed by atoms with Crippen LogP contribution < -0.4 is 0 Å². The van der Waals surface area contributed by atoms with E-state index in [4.69, 9.17) is 15.0 Å². The summed E-state index contributed by atoms with van der Waals surface area (Å²) in [6.07, 6.45) is -1.83. The molecule has 0 aromatic carbocycles. The molecule has 0 heterocycles. The molecule has 0 fully saturated rings. The van der Waals surface area contributed by atoms with Gasteiger partial charge in [-0.2, -0.15) is 0 Å². The van der Waals surface area contributed by atoms with E-state index in [2.05, 4.69) is 0 Å². The minimum Gasteiger partial charge on any atom is -0.450 e. The van der Waals surface area contributed by atoms with Crippen LogP contribution in [0.5, 0.6) is 0 Å². The van der Waals surface area contributed by atoms with Gasteiger partial charge in [-0.1, -0.05) is 0 Å². The zero-order chi connectivity index (χ0) is 3.58. The molecule has 4 N–H and O–H groups in total. The van der Waals surface area contributed by atoms with Gasteiger partial charge in [0.15, 0.2) is 0 Å². The molecule has 0 aliphatic rings. The maximum atomic E-state index is 8.56. The van der Waals surface area contributed by atoms with Crippen LogP contribution in [0.15, 0.2) is 0 Å². The topological polar surface area (TPSA) is 89.0 Å². The third-order valence-corrected chi connectivity index (χ3v) is 0. The van der Waals surface area contributed by atoms with E-state index in [-0.39, 0.29) is 51.6 Å². The molecule has 0 aromatic rings. The van der Waals surface area contributed by atoms with Crippen molar-refractivity contribution in [3.63, 3.8) is 0 Å². The molecule has 32 valence electrons. The zero-order valence-electron chi connectivity index (χ0n) is 3.72. The summed E-state index contributed by atoms with van der Waals surface area (Å²) in [5.41, 5.74) is 0. The predicted molar refractivity (Wildman–Crippen MR) is 25.8 cm³/mol. The minimum atomic E-state index is -1.83. The average molecular weight is 129 g/mol. The van der Waals surface area contributed by atoms with Crippen molar-refractivity contribution in [1.82, 2.24) is 0 Å². The summed E-state index contributed by atoms with van der Waals surface area (Å²) >= 11 is 0. The summed E-state index contributed by atoms with van der Waals surface area (Å²) in [5.74, 6) is 0. The van der Waals surface area contributed by atoms with Gasteiger partial charge in [0.1, 0.15) is 0 Å². The fourth-order valence-corrected chi connectivity index (χ4v) is 0. The molecule has 0 bridgehead atoms. The molecule has 0 atom stereocenters. The van der Waals surface area contributed by atoms with Crippen molar-refractivity contribution in [1.29, 1.82) is 0 Å². The van der Waals surface area contributed by atoms with Crippen molar-refractivity contribution < 1.29 is 20.5 Å². The van der Waals surface area contributed by atoms with Crippen LogP contribution in [0.4, 0.5) is 4.79 Å². The van der Waals surface area contributed by atoms with Gasteiger partial charge in [-0.05, 0) is 0 Å². The molecule has 7 heavy (non-hydrogen) atoms. The van der Waals surface area contributed by atoms with Crippen LogP contribution in [0.3, 0.4) is 0 Å². The van der Waals surface area contributed by atoms with Crippen molar-refractivity contribution in [3.05, 3.63) is 0 Å². The van der Waals surface area contributed by atoms with Crippen LogP contribution >= 0.6 is 0 Å². The standard InChI is InChI=1S/CH2O3.2Mg.H2O/c2-1(3)4;;;/h(H2,2,3,4);;;1H2/q;2*+2;. The summed E-state index contributed by atoms with van der Waals surface area (Å²) in [5, 5.41) is 13.9. The molecule has 0 aromatic heterocycles. The van der Waals surface area contributed by atoms with Gasteiger partial charge in [0.05, 0.1) is 0 Å². The summed E-state index contributed by atoms with van der Waals surface area (Å²) in [4.78, 5) is 8.56. The van der Waals surface area contributed by atoms with Crippen LogP contribution in [0.25, 0.3) is 0 Å². The third kappa shape index (κ3) is 264. The normalized spacial score (nSPS) is 3.43. The van der Waals surface area contributed by atoms with Crippen molar-refractivity contribution >= 4 is 52.3 Å². The van der Waals surface area contributed by atoms with Crippen LogP contribution in [-0.4, -0.2) is 68.0 Å². The molecule has 0 rings (SSSR count). The number of carboxylic acid groups (broad SMARTS) is 2. The molecule has 0 radical (unpaired) electrons. The number of carbonyl (C=O) groups is 1. The molecule has 0 saturated heterocycles. The SMILES string of the molecule is O.O=C(O)O.[Mg+2].[Mg+2]. The Balaban J connectivity index is -0.0000000150. The van der Waals surface area contributed by atoms with Gasteiger partial charge in [0, 0.05) is 0 Å². The van der Waals surface area contributed by atoms with E-state index in [0.29, 0.717) is 0 Å². The Bertz CT molecular complexity index is 32.7. The smallest absolute Gasteiger partial charge is 0.450 e. The monoisotopic (exact) mass is 128 g/mol. The van der Waals surface area contributed by atoms with Gasteiger partial charge in [-0.3, -0.25) is 0 Å². The molecular weight excluding hydrogens is 125 g/mol. The maximum absolute atomic E-state index is 8.56. The Morgan fingerprint density at radius 3 is 1.14 bits per heavy atom. The number of hydrogen-bond donors (Lipinski definition) is 2. The van der Waals surface area contributed by atoms with E-state index in [1.165, 1.54) is 0 Å². The van der Waals surface area contributed by atoms with Crippen molar-refractivity contribution in [2.75, 3.05) is 0 Å². The predicted octanol–water partition coefficient (Wildman–Crippen LogP) is -1.36. The molecule has 0 aliphatic heterocycles. The zero-order valence-corrected chi connectivity index (χ0v) is 6.55. The van der Waals surface area contributed by atoms with Crippen molar-refractivity contribution in [2.24, 2.45) is 0 Å². The Labute approximate surface area is 72.5 Å². The first kappa shape index (κ1) is 25.1. The second-order valence-electron chi connectivity index (χ2n) is 0.283. The van der Waals surface area contributed by atoms with Crippen molar-refractivity contribution in [2.45, 2.75) is 0 Å². The molecule has 6 heteroatoms. The van der Waals surface area contributed by atoms with Crippen LogP contribution in [0.1, 0.15) is 0 Å². The number of hydrogen-bond acceptors (Lipinski definition) is 1. The van der Waals surface area contributed by atoms with Gasteiger partial charge in [-0.25, -0.2) is 4.79 Å².